The van der Waals surface area contributed by atoms with E-state index in [1.807, 2.05) is 12.1 Å². The average molecular weight is 526 g/mol. The van der Waals surface area contributed by atoms with Gasteiger partial charge in [0.2, 0.25) is 0 Å². The number of thioether (sulfide) groups is 2. The number of hydrogen-bond donors (Lipinski definition) is 2. The number of nitrogens with zero attached hydrogens (tertiary/aromatic N) is 2. The van der Waals surface area contributed by atoms with Crippen LogP contribution in [-0.2, 0) is 16.0 Å². The largest absolute Gasteiger partial charge is 0.477 e. The van der Waals surface area contributed by atoms with Crippen molar-refractivity contribution in [3.05, 3.63) is 69.6 Å². The normalized spacial score (nSPS) is 19.9. The molecule has 1 aromatic carbocycles. The van der Waals surface area contributed by atoms with Crippen LogP contribution < -0.4 is 5.32 Å². The number of rotatable bonds is 7. The first-order chi connectivity index (χ1) is 15.3. The summed E-state index contributed by atoms with van der Waals surface area (Å²) in [4.78, 5) is 31.7. The summed E-state index contributed by atoms with van der Waals surface area (Å²) in [5, 5.41) is 13.7. The number of amides is 1. The second-order valence-corrected chi connectivity index (χ2v) is 10.6. The standard InChI is InChI=1S/C21H17Cl2N3O3S3/c22-13-1-2-15(23)11(7-13)8-16(30)25-17-19(27)26-18(21(28)29)12(10-32-20(17)26)9-31-14-3-5-24-6-4-14/h1-7,17,20H,8-10H2,(H,25,30)(H,28,29)/t17?,20-/m1/s1. The predicted molar refractivity (Wildman–Crippen MR) is 132 cm³/mol. The zero-order valence-electron chi connectivity index (χ0n) is 16.5. The lowest BCUT2D eigenvalue weighted by Crippen LogP contribution is -2.70. The van der Waals surface area contributed by atoms with Crippen LogP contribution in [0.25, 0.3) is 0 Å². The number of aromatic nitrogens is 1. The topological polar surface area (TPSA) is 82.5 Å². The number of carboxylic acid groups (broad SMARTS) is 1. The van der Waals surface area contributed by atoms with Crippen LogP contribution in [0.15, 0.2) is 58.9 Å². The molecule has 1 fully saturated rings. The predicted octanol–water partition coefficient (Wildman–Crippen LogP) is 4.26. The summed E-state index contributed by atoms with van der Waals surface area (Å²) in [6.07, 6.45) is 3.72. The Kier molecular flexibility index (Phi) is 7.31. The third kappa shape index (κ3) is 4.92. The Morgan fingerprint density at radius 3 is 2.78 bits per heavy atom. The minimum Gasteiger partial charge on any atom is -0.477 e. The SMILES string of the molecule is O=C(O)C1=C(CSc2ccncc2)CS[C@@H]2C(NC(=S)Cc3cc(Cl)ccc3Cl)C(=O)N12. The smallest absolute Gasteiger partial charge is 0.352 e. The van der Waals surface area contributed by atoms with Crippen molar-refractivity contribution >= 4 is 75.8 Å². The fourth-order valence-corrected chi connectivity index (χ4v) is 6.51. The van der Waals surface area contributed by atoms with Crippen LogP contribution in [0.5, 0.6) is 0 Å². The van der Waals surface area contributed by atoms with E-state index in [2.05, 4.69) is 10.3 Å². The molecule has 2 aliphatic heterocycles. The van der Waals surface area contributed by atoms with Gasteiger partial charge in [0, 0.05) is 45.3 Å². The molecule has 0 spiro atoms. The molecule has 3 heterocycles. The second kappa shape index (κ2) is 10.0. The monoisotopic (exact) mass is 525 g/mol. The van der Waals surface area contributed by atoms with E-state index in [0.717, 1.165) is 16.0 Å². The van der Waals surface area contributed by atoms with Crippen LogP contribution >= 0.6 is 58.9 Å². The molecule has 166 valence electrons. The van der Waals surface area contributed by atoms with Gasteiger partial charge >= 0.3 is 5.97 Å². The van der Waals surface area contributed by atoms with E-state index in [0.29, 0.717) is 33.0 Å². The highest BCUT2D eigenvalue weighted by Gasteiger charge is 2.53. The number of β-lactam (4-membered cyclic amide) rings is 1. The summed E-state index contributed by atoms with van der Waals surface area (Å²) >= 11 is 20.7. The Labute approximate surface area is 208 Å². The lowest BCUT2D eigenvalue weighted by molar-refractivity contribution is -0.148. The molecule has 2 aliphatic rings. The van der Waals surface area contributed by atoms with Crippen LogP contribution in [0, 0.1) is 0 Å². The lowest BCUT2D eigenvalue weighted by Gasteiger charge is -2.49. The Bertz CT molecular complexity index is 1110. The summed E-state index contributed by atoms with van der Waals surface area (Å²) < 4.78 is 0. The molecule has 1 aromatic heterocycles. The summed E-state index contributed by atoms with van der Waals surface area (Å²) in [6, 6.07) is 8.29. The van der Waals surface area contributed by atoms with Gasteiger partial charge in [0.05, 0.1) is 4.99 Å². The molecular weight excluding hydrogens is 509 g/mol. The highest BCUT2D eigenvalue weighted by atomic mass is 35.5. The van der Waals surface area contributed by atoms with Gasteiger partial charge in [-0.1, -0.05) is 35.4 Å². The molecule has 2 aromatic rings. The van der Waals surface area contributed by atoms with Gasteiger partial charge in [-0.15, -0.1) is 23.5 Å². The Hall–Kier alpha value is -1.78. The summed E-state index contributed by atoms with van der Waals surface area (Å²) in [6.45, 7) is 0. The van der Waals surface area contributed by atoms with Gasteiger partial charge in [-0.05, 0) is 41.5 Å². The van der Waals surface area contributed by atoms with Crippen molar-refractivity contribution in [1.82, 2.24) is 15.2 Å². The summed E-state index contributed by atoms with van der Waals surface area (Å²) in [5.41, 5.74) is 1.56. The van der Waals surface area contributed by atoms with Crippen molar-refractivity contribution in [1.29, 1.82) is 0 Å². The maximum absolute atomic E-state index is 12.9. The molecule has 1 saturated heterocycles. The third-order valence-electron chi connectivity index (χ3n) is 4.99. The number of thiocarbonyl (C=S) groups is 1. The van der Waals surface area contributed by atoms with Crippen molar-refractivity contribution in [2.24, 2.45) is 0 Å². The second-order valence-electron chi connectivity index (χ2n) is 7.10. The fraction of sp³-hybridized carbons (Fsp3) is 0.238. The van der Waals surface area contributed by atoms with E-state index in [4.69, 9.17) is 35.4 Å². The van der Waals surface area contributed by atoms with Crippen molar-refractivity contribution in [3.8, 4) is 0 Å². The van der Waals surface area contributed by atoms with Crippen LogP contribution in [0.4, 0.5) is 0 Å². The maximum atomic E-state index is 12.9. The molecule has 4 rings (SSSR count). The maximum Gasteiger partial charge on any atom is 0.352 e. The van der Waals surface area contributed by atoms with Crippen molar-refractivity contribution < 1.29 is 14.7 Å². The van der Waals surface area contributed by atoms with E-state index in [-0.39, 0.29) is 17.0 Å². The molecular formula is C21H17Cl2N3O3S3. The first kappa shape index (κ1) is 23.4. The van der Waals surface area contributed by atoms with E-state index < -0.39 is 12.0 Å². The van der Waals surface area contributed by atoms with Crippen molar-refractivity contribution in [3.63, 3.8) is 0 Å². The highest BCUT2D eigenvalue weighted by Crippen LogP contribution is 2.41. The number of carboxylic acids is 1. The van der Waals surface area contributed by atoms with Gasteiger partial charge in [0.25, 0.3) is 5.91 Å². The molecule has 1 unspecified atom stereocenters. The quantitative estimate of drug-likeness (QED) is 0.315. The van der Waals surface area contributed by atoms with Crippen molar-refractivity contribution in [2.45, 2.75) is 22.7 Å². The molecule has 0 radical (unpaired) electrons. The van der Waals surface area contributed by atoms with Crippen LogP contribution in [0.1, 0.15) is 5.56 Å². The first-order valence-electron chi connectivity index (χ1n) is 9.51. The minimum atomic E-state index is -1.10. The average Bonchev–Trinajstić information content (AvgIpc) is 2.78. The summed E-state index contributed by atoms with van der Waals surface area (Å²) in [5.74, 6) is -0.385. The number of halogens is 2. The van der Waals surface area contributed by atoms with Gasteiger partial charge < -0.3 is 10.4 Å². The molecule has 0 aliphatic carbocycles. The number of pyridine rings is 1. The number of carbonyl (C=O) groups excluding carboxylic acids is 1. The molecule has 6 nitrogen and oxygen atoms in total. The zero-order valence-corrected chi connectivity index (χ0v) is 20.4. The van der Waals surface area contributed by atoms with Crippen molar-refractivity contribution in [2.75, 3.05) is 11.5 Å². The molecule has 2 atom stereocenters. The Morgan fingerprint density at radius 1 is 1.31 bits per heavy atom. The minimum absolute atomic E-state index is 0.0714. The zero-order chi connectivity index (χ0) is 22.8. The number of nitrogens with one attached hydrogen (secondary N) is 1. The first-order valence-corrected chi connectivity index (χ1v) is 12.7. The van der Waals surface area contributed by atoms with Crippen LogP contribution in [-0.4, -0.2) is 54.8 Å². The van der Waals surface area contributed by atoms with E-state index in [9.17, 15) is 14.7 Å². The van der Waals surface area contributed by atoms with Gasteiger partial charge in [0.15, 0.2) is 0 Å². The van der Waals surface area contributed by atoms with E-state index in [1.165, 1.54) is 28.4 Å². The van der Waals surface area contributed by atoms with Gasteiger partial charge in [-0.2, -0.15) is 0 Å². The Morgan fingerprint density at radius 2 is 2.06 bits per heavy atom. The molecule has 0 bridgehead atoms. The molecule has 1 amide bonds. The third-order valence-corrected chi connectivity index (χ3v) is 8.29. The van der Waals surface area contributed by atoms with E-state index in [1.54, 1.807) is 30.6 Å². The number of hydrogen-bond acceptors (Lipinski definition) is 6. The van der Waals surface area contributed by atoms with Gasteiger partial charge in [-0.3, -0.25) is 14.7 Å². The molecule has 2 N–H and O–H groups in total. The van der Waals surface area contributed by atoms with Crippen LogP contribution in [0.3, 0.4) is 0 Å². The van der Waals surface area contributed by atoms with Gasteiger partial charge in [-0.25, -0.2) is 4.79 Å². The highest BCUT2D eigenvalue weighted by molar-refractivity contribution is 8.01. The lowest BCUT2D eigenvalue weighted by atomic mass is 10.0. The van der Waals surface area contributed by atoms with Gasteiger partial charge in [0.1, 0.15) is 17.1 Å². The molecule has 0 saturated carbocycles. The number of carbonyl (C=O) groups is 2. The summed E-state index contributed by atoms with van der Waals surface area (Å²) in [7, 11) is 0. The molecule has 32 heavy (non-hydrogen) atoms. The number of fused-ring (bicyclic) bond motifs is 1. The van der Waals surface area contributed by atoms with Crippen LogP contribution in [0.2, 0.25) is 10.0 Å². The molecule has 11 heteroatoms. The van der Waals surface area contributed by atoms with E-state index >= 15 is 0 Å². The number of benzene rings is 1. The number of aliphatic carboxylic acids is 1. The Balaban J connectivity index is 1.44. The fourth-order valence-electron chi connectivity index (χ4n) is 3.48.